The van der Waals surface area contributed by atoms with Gasteiger partial charge in [-0.15, -0.1) is 0 Å². The van der Waals surface area contributed by atoms with E-state index in [0.717, 1.165) is 17.1 Å². The van der Waals surface area contributed by atoms with Gasteiger partial charge in [0.05, 0.1) is 9.79 Å². The first-order valence-electron chi connectivity index (χ1n) is 8.52. The fourth-order valence-corrected chi connectivity index (χ4v) is 5.65. The van der Waals surface area contributed by atoms with E-state index in [4.69, 9.17) is 0 Å². The first-order chi connectivity index (χ1) is 12.7. The van der Waals surface area contributed by atoms with Crippen molar-refractivity contribution in [2.45, 2.75) is 29.2 Å². The third-order valence-corrected chi connectivity index (χ3v) is 8.28. The molecule has 0 amide bonds. The van der Waals surface area contributed by atoms with Gasteiger partial charge >= 0.3 is 0 Å². The molecule has 2 aromatic carbocycles. The molecule has 9 heteroatoms. The second-order valence-electron chi connectivity index (χ2n) is 6.47. The minimum atomic E-state index is -3.80. The number of benzene rings is 2. The van der Waals surface area contributed by atoms with E-state index >= 15 is 0 Å². The van der Waals surface area contributed by atoms with Gasteiger partial charge in [-0.3, -0.25) is 0 Å². The van der Waals surface area contributed by atoms with Crippen LogP contribution in [0.2, 0.25) is 0 Å². The van der Waals surface area contributed by atoms with Gasteiger partial charge in [-0.05, 0) is 54.8 Å². The number of rotatable bonds is 6. The van der Waals surface area contributed by atoms with Crippen LogP contribution in [-0.2, 0) is 26.6 Å². The lowest BCUT2D eigenvalue weighted by atomic mass is 10.2. The van der Waals surface area contributed by atoms with Crippen LogP contribution in [0.5, 0.6) is 0 Å². The molecular formula is C18H21FN2O4S2. The molecule has 0 N–H and O–H groups in total. The Morgan fingerprint density at radius 3 is 1.96 bits per heavy atom. The van der Waals surface area contributed by atoms with Crippen molar-refractivity contribution in [3.8, 4) is 0 Å². The number of hydrogen-bond donors (Lipinski definition) is 0. The van der Waals surface area contributed by atoms with Crippen LogP contribution in [0.4, 0.5) is 4.39 Å². The fraction of sp³-hybridized carbons (Fsp3) is 0.333. The van der Waals surface area contributed by atoms with E-state index < -0.39 is 20.0 Å². The van der Waals surface area contributed by atoms with E-state index in [1.54, 1.807) is 0 Å². The summed E-state index contributed by atoms with van der Waals surface area (Å²) in [5.41, 5.74) is 0.649. The maximum Gasteiger partial charge on any atom is 0.243 e. The van der Waals surface area contributed by atoms with Gasteiger partial charge < -0.3 is 0 Å². The lowest BCUT2D eigenvalue weighted by molar-refractivity contribution is 0.466. The smallest absolute Gasteiger partial charge is 0.207 e. The summed E-state index contributed by atoms with van der Waals surface area (Å²) in [6.45, 7) is 1.06. The van der Waals surface area contributed by atoms with E-state index in [1.807, 2.05) is 0 Å². The topological polar surface area (TPSA) is 74.8 Å². The highest BCUT2D eigenvalue weighted by molar-refractivity contribution is 7.89. The first-order valence-corrected chi connectivity index (χ1v) is 11.4. The van der Waals surface area contributed by atoms with E-state index in [2.05, 4.69) is 0 Å². The SMILES string of the molecule is CN(Cc1ccc(F)cc1)S(=O)(=O)c1ccc(S(=O)(=O)N2CCCC2)cc1. The third kappa shape index (κ3) is 4.21. The van der Waals surface area contributed by atoms with Crippen molar-refractivity contribution < 1.29 is 21.2 Å². The summed E-state index contributed by atoms with van der Waals surface area (Å²) in [4.78, 5) is 0.0945. The van der Waals surface area contributed by atoms with Gasteiger partial charge in [-0.1, -0.05) is 12.1 Å². The van der Waals surface area contributed by atoms with Crippen LogP contribution in [0.3, 0.4) is 0 Å². The molecule has 1 aliphatic heterocycles. The molecule has 0 atom stereocenters. The normalized spacial score (nSPS) is 16.1. The Hall–Kier alpha value is -1.81. The lowest BCUT2D eigenvalue weighted by Crippen LogP contribution is -2.28. The Morgan fingerprint density at radius 1 is 0.889 bits per heavy atom. The quantitative estimate of drug-likeness (QED) is 0.730. The van der Waals surface area contributed by atoms with Crippen molar-refractivity contribution >= 4 is 20.0 Å². The Kier molecular flexibility index (Phi) is 5.66. The van der Waals surface area contributed by atoms with Crippen LogP contribution < -0.4 is 0 Å². The van der Waals surface area contributed by atoms with Crippen LogP contribution in [0.15, 0.2) is 58.3 Å². The highest BCUT2D eigenvalue weighted by atomic mass is 32.2. The molecular weight excluding hydrogens is 391 g/mol. The summed E-state index contributed by atoms with van der Waals surface area (Å²) in [5, 5.41) is 0. The zero-order chi connectivity index (χ0) is 19.7. The van der Waals surface area contributed by atoms with Crippen LogP contribution in [0.1, 0.15) is 18.4 Å². The summed E-state index contributed by atoms with van der Waals surface area (Å²) < 4.78 is 66.0. The molecule has 27 heavy (non-hydrogen) atoms. The highest BCUT2D eigenvalue weighted by Gasteiger charge is 2.28. The molecule has 6 nitrogen and oxygen atoms in total. The van der Waals surface area contributed by atoms with Crippen LogP contribution in [-0.4, -0.2) is 45.6 Å². The second-order valence-corrected chi connectivity index (χ2v) is 10.5. The highest BCUT2D eigenvalue weighted by Crippen LogP contribution is 2.23. The van der Waals surface area contributed by atoms with Crippen molar-refractivity contribution in [2.75, 3.05) is 20.1 Å². The molecule has 2 aromatic rings. The van der Waals surface area contributed by atoms with Gasteiger partial charge in [0.15, 0.2) is 0 Å². The average molecular weight is 413 g/mol. The van der Waals surface area contributed by atoms with Crippen LogP contribution >= 0.6 is 0 Å². The molecule has 146 valence electrons. The molecule has 1 heterocycles. The van der Waals surface area contributed by atoms with Crippen molar-refractivity contribution in [3.05, 3.63) is 59.9 Å². The summed E-state index contributed by atoms with van der Waals surface area (Å²) in [6.07, 6.45) is 1.67. The van der Waals surface area contributed by atoms with E-state index in [9.17, 15) is 21.2 Å². The molecule has 1 aliphatic rings. The predicted molar refractivity (Wildman–Crippen MR) is 99.5 cm³/mol. The molecule has 0 aromatic heterocycles. The van der Waals surface area contributed by atoms with Crippen LogP contribution in [0.25, 0.3) is 0 Å². The average Bonchev–Trinajstić information content (AvgIpc) is 3.19. The molecule has 0 bridgehead atoms. The fourth-order valence-electron chi connectivity index (χ4n) is 2.97. The standard InChI is InChI=1S/C18H21FN2O4S2/c1-20(14-15-4-6-16(19)7-5-15)26(22,23)17-8-10-18(11-9-17)27(24,25)21-12-2-3-13-21/h4-11H,2-3,12-14H2,1H3. The maximum atomic E-state index is 13.0. The Morgan fingerprint density at radius 2 is 1.41 bits per heavy atom. The van der Waals surface area contributed by atoms with Gasteiger partial charge in [-0.2, -0.15) is 8.61 Å². The molecule has 3 rings (SSSR count). The Bertz CT molecular complexity index is 998. The van der Waals surface area contributed by atoms with Gasteiger partial charge in [0.25, 0.3) is 0 Å². The predicted octanol–water partition coefficient (Wildman–Crippen LogP) is 2.43. The zero-order valence-corrected chi connectivity index (χ0v) is 16.5. The molecule has 0 aliphatic carbocycles. The van der Waals surface area contributed by atoms with Crippen molar-refractivity contribution in [3.63, 3.8) is 0 Å². The maximum absolute atomic E-state index is 13.0. The molecule has 0 radical (unpaired) electrons. The number of hydrogen-bond acceptors (Lipinski definition) is 4. The van der Waals surface area contributed by atoms with Crippen molar-refractivity contribution in [2.24, 2.45) is 0 Å². The van der Waals surface area contributed by atoms with E-state index in [-0.39, 0.29) is 22.2 Å². The van der Waals surface area contributed by atoms with Gasteiger partial charge in [0.2, 0.25) is 20.0 Å². The van der Waals surface area contributed by atoms with Gasteiger partial charge in [0, 0.05) is 26.7 Å². The summed E-state index contributed by atoms with van der Waals surface area (Å²) in [5.74, 6) is -0.390. The monoisotopic (exact) mass is 412 g/mol. The first kappa shape index (κ1) is 19.9. The minimum absolute atomic E-state index is 0.00693. The molecule has 0 unspecified atom stereocenters. The van der Waals surface area contributed by atoms with E-state index in [0.29, 0.717) is 18.7 Å². The molecule has 0 spiro atoms. The summed E-state index contributed by atoms with van der Waals surface area (Å²) >= 11 is 0. The van der Waals surface area contributed by atoms with Crippen LogP contribution in [0, 0.1) is 5.82 Å². The molecule has 1 saturated heterocycles. The third-order valence-electron chi connectivity index (χ3n) is 4.55. The zero-order valence-electron chi connectivity index (χ0n) is 14.9. The second kappa shape index (κ2) is 7.67. The molecule has 0 saturated carbocycles. The number of sulfonamides is 2. The van der Waals surface area contributed by atoms with Crippen molar-refractivity contribution in [1.29, 1.82) is 0 Å². The molecule has 1 fully saturated rings. The lowest BCUT2D eigenvalue weighted by Gasteiger charge is -2.18. The summed E-state index contributed by atoms with van der Waals surface area (Å²) in [6, 6.07) is 10.8. The Balaban J connectivity index is 1.79. The van der Waals surface area contributed by atoms with Gasteiger partial charge in [-0.25, -0.2) is 21.2 Å². The summed E-state index contributed by atoms with van der Waals surface area (Å²) in [7, 11) is -5.96. The number of halogens is 1. The minimum Gasteiger partial charge on any atom is -0.207 e. The van der Waals surface area contributed by atoms with E-state index in [1.165, 1.54) is 59.9 Å². The largest absolute Gasteiger partial charge is 0.243 e. The Labute approximate surface area is 159 Å². The van der Waals surface area contributed by atoms with Crippen molar-refractivity contribution in [1.82, 2.24) is 8.61 Å². The number of nitrogens with zero attached hydrogens (tertiary/aromatic N) is 2. The van der Waals surface area contributed by atoms with Gasteiger partial charge in [0.1, 0.15) is 5.82 Å².